The minimum Gasteiger partial charge on any atom is -0.495 e. The summed E-state index contributed by atoms with van der Waals surface area (Å²) in [5.41, 5.74) is 1.70. The van der Waals surface area contributed by atoms with Crippen LogP contribution >= 0.6 is 11.6 Å². The number of ether oxygens (including phenoxy) is 4. The lowest BCUT2D eigenvalue weighted by atomic mass is 10.2. The topological polar surface area (TPSA) is 110 Å². The minimum absolute atomic E-state index is 0.0107. The normalized spacial score (nSPS) is 10.7. The summed E-state index contributed by atoms with van der Waals surface area (Å²) in [6.45, 7) is -0.0107. The second-order valence-electron chi connectivity index (χ2n) is 7.25. The van der Waals surface area contributed by atoms with Crippen molar-refractivity contribution in [2.24, 2.45) is 0 Å². The first-order valence-corrected chi connectivity index (χ1v) is 10.8. The molecule has 0 saturated heterocycles. The Bertz CT molecular complexity index is 1350. The highest BCUT2D eigenvalue weighted by Gasteiger charge is 2.18. The number of methoxy groups -OCH3 is 4. The van der Waals surface area contributed by atoms with Crippen LogP contribution in [-0.4, -0.2) is 49.1 Å². The van der Waals surface area contributed by atoms with Gasteiger partial charge in [0.05, 0.1) is 39.1 Å². The fraction of sp³-hybridized carbons (Fsp3) is 0.208. The van der Waals surface area contributed by atoms with Crippen molar-refractivity contribution in [3.05, 3.63) is 53.7 Å². The molecule has 1 amide bonds. The summed E-state index contributed by atoms with van der Waals surface area (Å²) >= 11 is 6.20. The van der Waals surface area contributed by atoms with Crippen LogP contribution in [0.1, 0.15) is 0 Å². The van der Waals surface area contributed by atoms with E-state index in [1.807, 2.05) is 0 Å². The van der Waals surface area contributed by atoms with Gasteiger partial charge < -0.3 is 33.4 Å². The van der Waals surface area contributed by atoms with Crippen LogP contribution in [0.3, 0.4) is 0 Å². The Hall–Kier alpha value is -4.18. The highest BCUT2D eigenvalue weighted by Crippen LogP contribution is 2.36. The van der Waals surface area contributed by atoms with E-state index in [2.05, 4.69) is 15.5 Å². The number of hydrogen-bond donors (Lipinski definition) is 1. The number of nitrogens with one attached hydrogen (secondary N) is 1. The van der Waals surface area contributed by atoms with E-state index in [0.717, 1.165) is 0 Å². The number of rotatable bonds is 9. The zero-order valence-corrected chi connectivity index (χ0v) is 20.3. The van der Waals surface area contributed by atoms with Gasteiger partial charge in [-0.2, -0.15) is 4.98 Å². The second kappa shape index (κ2) is 10.4. The van der Waals surface area contributed by atoms with Crippen molar-refractivity contribution in [1.29, 1.82) is 0 Å². The maximum absolute atomic E-state index is 12.8. The van der Waals surface area contributed by atoms with Gasteiger partial charge in [-0.05, 0) is 36.4 Å². The van der Waals surface area contributed by atoms with Crippen molar-refractivity contribution >= 4 is 23.2 Å². The molecule has 0 radical (unpaired) electrons. The summed E-state index contributed by atoms with van der Waals surface area (Å²) in [5, 5.41) is 7.22. The fourth-order valence-electron chi connectivity index (χ4n) is 3.47. The molecule has 2 aromatic heterocycles. The third-order valence-electron chi connectivity index (χ3n) is 5.18. The van der Waals surface area contributed by atoms with Crippen molar-refractivity contribution in [1.82, 2.24) is 14.7 Å². The van der Waals surface area contributed by atoms with E-state index >= 15 is 0 Å². The highest BCUT2D eigenvalue weighted by molar-refractivity contribution is 6.32. The van der Waals surface area contributed by atoms with Crippen LogP contribution in [0.4, 0.5) is 5.69 Å². The van der Waals surface area contributed by atoms with Gasteiger partial charge in [0, 0.05) is 17.8 Å². The van der Waals surface area contributed by atoms with Gasteiger partial charge in [-0.3, -0.25) is 4.79 Å². The zero-order chi connectivity index (χ0) is 24.9. The van der Waals surface area contributed by atoms with Crippen LogP contribution in [-0.2, 0) is 11.3 Å². The summed E-state index contributed by atoms with van der Waals surface area (Å²) in [5.74, 6) is 2.33. The summed E-state index contributed by atoms with van der Waals surface area (Å²) in [6, 6.07) is 12.1. The highest BCUT2D eigenvalue weighted by atomic mass is 35.5. The van der Waals surface area contributed by atoms with Gasteiger partial charge in [-0.1, -0.05) is 16.8 Å². The number of carbonyl (C=O) groups excluding carboxylic acids is 1. The van der Waals surface area contributed by atoms with Crippen molar-refractivity contribution < 1.29 is 28.3 Å². The van der Waals surface area contributed by atoms with Gasteiger partial charge in [-0.25, -0.2) is 0 Å². The van der Waals surface area contributed by atoms with Crippen LogP contribution in [0, 0.1) is 0 Å². The molecule has 35 heavy (non-hydrogen) atoms. The number of halogens is 1. The molecule has 10 nitrogen and oxygen atoms in total. The molecule has 2 aromatic carbocycles. The number of aromatic nitrogens is 3. The molecule has 0 bridgehead atoms. The van der Waals surface area contributed by atoms with Crippen LogP contribution in [0.2, 0.25) is 5.02 Å². The smallest absolute Gasteiger partial charge is 0.274 e. The van der Waals surface area contributed by atoms with E-state index < -0.39 is 0 Å². The standard InChI is InChI=1S/C24H23ClN4O6/c1-31-18-8-7-14(10-21(18)34-4)23-27-24(35-28-23)17-6-5-9-29(17)13-22(30)26-16-11-15(25)19(32-2)12-20(16)33-3/h5-12H,13H2,1-4H3,(H,26,30). The summed E-state index contributed by atoms with van der Waals surface area (Å²) in [6.07, 6.45) is 1.74. The van der Waals surface area contributed by atoms with Gasteiger partial charge in [0.2, 0.25) is 11.7 Å². The molecule has 0 fully saturated rings. The lowest BCUT2D eigenvalue weighted by Gasteiger charge is -2.13. The Kier molecular flexibility index (Phi) is 7.11. The molecule has 4 aromatic rings. The lowest BCUT2D eigenvalue weighted by molar-refractivity contribution is -0.116. The first kappa shape index (κ1) is 24.0. The fourth-order valence-corrected chi connectivity index (χ4v) is 3.71. The Balaban J connectivity index is 1.53. The average molecular weight is 499 g/mol. The van der Waals surface area contributed by atoms with Crippen LogP contribution < -0.4 is 24.3 Å². The van der Waals surface area contributed by atoms with Crippen LogP contribution in [0.25, 0.3) is 23.0 Å². The Labute approximate surface area is 206 Å². The van der Waals surface area contributed by atoms with Gasteiger partial charge in [0.25, 0.3) is 5.89 Å². The van der Waals surface area contributed by atoms with Crippen molar-refractivity contribution in [2.75, 3.05) is 33.8 Å². The number of nitrogens with zero attached hydrogens (tertiary/aromatic N) is 3. The predicted octanol–water partition coefficient (Wildman–Crippen LogP) is 4.53. The molecule has 11 heteroatoms. The maximum Gasteiger partial charge on any atom is 0.274 e. The van der Waals surface area contributed by atoms with Crippen molar-refractivity contribution in [3.63, 3.8) is 0 Å². The van der Waals surface area contributed by atoms with E-state index in [-0.39, 0.29) is 18.3 Å². The van der Waals surface area contributed by atoms with E-state index in [9.17, 15) is 4.79 Å². The zero-order valence-electron chi connectivity index (χ0n) is 19.5. The summed E-state index contributed by atoms with van der Waals surface area (Å²) in [7, 11) is 6.11. The van der Waals surface area contributed by atoms with Gasteiger partial charge in [0.15, 0.2) is 11.5 Å². The summed E-state index contributed by atoms with van der Waals surface area (Å²) in [4.78, 5) is 17.3. The molecule has 0 saturated carbocycles. The quantitative estimate of drug-likeness (QED) is 0.358. The maximum atomic E-state index is 12.8. The Morgan fingerprint density at radius 2 is 1.71 bits per heavy atom. The number of carbonyl (C=O) groups is 1. The molecular formula is C24H23ClN4O6. The van der Waals surface area contributed by atoms with Crippen LogP contribution in [0.5, 0.6) is 23.0 Å². The molecule has 2 heterocycles. The largest absolute Gasteiger partial charge is 0.495 e. The first-order chi connectivity index (χ1) is 17.0. The van der Waals surface area contributed by atoms with E-state index in [1.54, 1.807) is 67.4 Å². The predicted molar refractivity (Wildman–Crippen MR) is 129 cm³/mol. The van der Waals surface area contributed by atoms with Crippen molar-refractivity contribution in [2.45, 2.75) is 6.54 Å². The van der Waals surface area contributed by atoms with E-state index in [0.29, 0.717) is 50.8 Å². The molecule has 0 aliphatic carbocycles. The number of amides is 1. The molecule has 0 aliphatic rings. The molecule has 4 rings (SSSR count). The van der Waals surface area contributed by atoms with E-state index in [1.165, 1.54) is 14.2 Å². The SMILES string of the molecule is COc1cc(OC)c(NC(=O)Cn2cccc2-c2nc(-c3ccc(OC)c(OC)c3)no2)cc1Cl. The third kappa shape index (κ3) is 5.02. The number of anilines is 1. The monoisotopic (exact) mass is 498 g/mol. The number of benzene rings is 2. The molecule has 182 valence electrons. The van der Waals surface area contributed by atoms with E-state index in [4.69, 9.17) is 35.1 Å². The summed E-state index contributed by atoms with van der Waals surface area (Å²) < 4.78 is 28.3. The van der Waals surface area contributed by atoms with Gasteiger partial charge in [-0.15, -0.1) is 0 Å². The first-order valence-electron chi connectivity index (χ1n) is 10.4. The Morgan fingerprint density at radius 3 is 2.43 bits per heavy atom. The molecule has 0 spiro atoms. The minimum atomic E-state index is -0.304. The molecule has 0 unspecified atom stereocenters. The van der Waals surface area contributed by atoms with Crippen LogP contribution in [0.15, 0.2) is 53.2 Å². The molecule has 0 aliphatic heterocycles. The average Bonchev–Trinajstić information content (AvgIpc) is 3.53. The Morgan fingerprint density at radius 1 is 0.971 bits per heavy atom. The number of hydrogen-bond acceptors (Lipinski definition) is 8. The van der Waals surface area contributed by atoms with Gasteiger partial charge >= 0.3 is 0 Å². The lowest BCUT2D eigenvalue weighted by Crippen LogP contribution is -2.19. The third-order valence-corrected chi connectivity index (χ3v) is 5.47. The van der Waals surface area contributed by atoms with Gasteiger partial charge in [0.1, 0.15) is 23.7 Å². The molecule has 0 atom stereocenters. The molecular weight excluding hydrogens is 476 g/mol. The van der Waals surface area contributed by atoms with Crippen molar-refractivity contribution in [3.8, 4) is 46.0 Å². The second-order valence-corrected chi connectivity index (χ2v) is 7.66. The molecule has 1 N–H and O–H groups in total.